The molecule has 0 aromatic carbocycles. The van der Waals surface area contributed by atoms with Crippen LogP contribution in [0.4, 0.5) is 0 Å². The van der Waals surface area contributed by atoms with E-state index < -0.39 is 0 Å². The van der Waals surface area contributed by atoms with E-state index in [-0.39, 0.29) is 11.0 Å². The predicted molar refractivity (Wildman–Crippen MR) is 72.4 cm³/mol. The summed E-state index contributed by atoms with van der Waals surface area (Å²) >= 11 is 0. The van der Waals surface area contributed by atoms with Crippen LogP contribution in [0.5, 0.6) is 0 Å². The number of piperidine rings is 1. The third-order valence-corrected chi connectivity index (χ3v) is 4.11. The Bertz CT molecular complexity index is 651. The fraction of sp³-hybridized carbons (Fsp3) is 0.615. The highest BCUT2D eigenvalue weighted by Gasteiger charge is 2.35. The number of hydrogen-bond donors (Lipinski definition) is 2. The summed E-state index contributed by atoms with van der Waals surface area (Å²) in [6, 6.07) is 1.52. The van der Waals surface area contributed by atoms with Gasteiger partial charge in [0, 0.05) is 23.7 Å². The summed E-state index contributed by atoms with van der Waals surface area (Å²) in [5.41, 5.74) is 0.596. The van der Waals surface area contributed by atoms with E-state index in [9.17, 15) is 4.79 Å². The second kappa shape index (κ2) is 4.45. The molecule has 2 N–H and O–H groups in total. The van der Waals surface area contributed by atoms with Crippen LogP contribution in [0.15, 0.2) is 10.9 Å². The number of fused-ring (bicyclic) bond motifs is 1. The zero-order valence-corrected chi connectivity index (χ0v) is 11.4. The standard InChI is InChI=1S/C13H19N5O/c1-3-13(5-4-6-14-8-13)11-16-12-15-9(2)7-10(19)18(12)17-11/h7,14H,3-6,8H2,1-2H3,(H,15,16,17). The minimum atomic E-state index is -0.101. The Morgan fingerprint density at radius 1 is 1.47 bits per heavy atom. The van der Waals surface area contributed by atoms with Crippen molar-refractivity contribution >= 4 is 5.78 Å². The van der Waals surface area contributed by atoms with Gasteiger partial charge in [-0.1, -0.05) is 6.92 Å². The number of H-pyrrole nitrogens is 1. The van der Waals surface area contributed by atoms with Gasteiger partial charge in [-0.2, -0.15) is 9.50 Å². The van der Waals surface area contributed by atoms with Crippen molar-refractivity contribution in [3.8, 4) is 0 Å². The lowest BCUT2D eigenvalue weighted by atomic mass is 9.78. The Morgan fingerprint density at radius 3 is 3.00 bits per heavy atom. The van der Waals surface area contributed by atoms with Crippen LogP contribution in [-0.2, 0) is 5.41 Å². The Hall–Kier alpha value is -1.69. The number of nitrogens with zero attached hydrogens (tertiary/aromatic N) is 3. The highest BCUT2D eigenvalue weighted by atomic mass is 16.1. The normalized spacial score (nSPS) is 23.9. The van der Waals surface area contributed by atoms with Gasteiger partial charge in [0.2, 0.25) is 0 Å². The van der Waals surface area contributed by atoms with E-state index in [1.165, 1.54) is 10.6 Å². The van der Waals surface area contributed by atoms with Gasteiger partial charge in [0.25, 0.3) is 11.3 Å². The van der Waals surface area contributed by atoms with Gasteiger partial charge in [0.1, 0.15) is 5.82 Å². The van der Waals surface area contributed by atoms with Crippen LogP contribution in [0, 0.1) is 6.92 Å². The Balaban J connectivity index is 2.14. The molecule has 0 spiro atoms. The van der Waals surface area contributed by atoms with Crippen molar-refractivity contribution in [2.45, 2.75) is 38.5 Å². The SMILES string of the molecule is CCC1(c2nc3nc(C)cc(=O)n3[nH]2)CCCNC1. The molecule has 2 aromatic heterocycles. The molecule has 1 atom stereocenters. The molecular formula is C13H19N5O. The highest BCUT2D eigenvalue weighted by Crippen LogP contribution is 2.32. The smallest absolute Gasteiger partial charge is 0.274 e. The second-order valence-corrected chi connectivity index (χ2v) is 5.36. The maximum Gasteiger partial charge on any atom is 0.274 e. The number of hydrogen-bond acceptors (Lipinski definition) is 4. The number of aryl methyl sites for hydroxylation is 1. The lowest BCUT2D eigenvalue weighted by Gasteiger charge is -2.34. The minimum Gasteiger partial charge on any atom is -0.316 e. The van der Waals surface area contributed by atoms with Crippen LogP contribution >= 0.6 is 0 Å². The lowest BCUT2D eigenvalue weighted by Crippen LogP contribution is -2.43. The first kappa shape index (κ1) is 12.3. The average Bonchev–Trinajstić information content (AvgIpc) is 2.84. The second-order valence-electron chi connectivity index (χ2n) is 5.36. The first-order valence-corrected chi connectivity index (χ1v) is 6.82. The van der Waals surface area contributed by atoms with Crippen molar-refractivity contribution < 1.29 is 0 Å². The maximum absolute atomic E-state index is 11.9. The van der Waals surface area contributed by atoms with Gasteiger partial charge < -0.3 is 5.32 Å². The molecule has 0 radical (unpaired) electrons. The molecule has 3 rings (SSSR count). The van der Waals surface area contributed by atoms with E-state index in [2.05, 4.69) is 27.3 Å². The summed E-state index contributed by atoms with van der Waals surface area (Å²) < 4.78 is 1.44. The number of nitrogens with one attached hydrogen (secondary N) is 2. The van der Waals surface area contributed by atoms with Crippen LogP contribution < -0.4 is 10.9 Å². The van der Waals surface area contributed by atoms with Crippen molar-refractivity contribution in [1.29, 1.82) is 0 Å². The summed E-state index contributed by atoms with van der Waals surface area (Å²) in [4.78, 5) is 20.8. The first-order chi connectivity index (χ1) is 9.14. The molecule has 6 heteroatoms. The monoisotopic (exact) mass is 261 g/mol. The van der Waals surface area contributed by atoms with Gasteiger partial charge in [-0.05, 0) is 32.7 Å². The molecule has 102 valence electrons. The van der Waals surface area contributed by atoms with E-state index in [4.69, 9.17) is 0 Å². The van der Waals surface area contributed by atoms with Crippen molar-refractivity contribution in [2.24, 2.45) is 0 Å². The van der Waals surface area contributed by atoms with Crippen LogP contribution in [0.1, 0.15) is 37.7 Å². The summed E-state index contributed by atoms with van der Waals surface area (Å²) in [6.45, 7) is 5.94. The van der Waals surface area contributed by atoms with Crippen LogP contribution in [-0.4, -0.2) is 32.7 Å². The van der Waals surface area contributed by atoms with E-state index in [0.29, 0.717) is 11.5 Å². The van der Waals surface area contributed by atoms with Gasteiger partial charge >= 0.3 is 0 Å². The predicted octanol–water partition coefficient (Wildman–Crippen LogP) is 0.757. The third-order valence-electron chi connectivity index (χ3n) is 4.11. The van der Waals surface area contributed by atoms with Gasteiger partial charge in [-0.3, -0.25) is 9.89 Å². The lowest BCUT2D eigenvalue weighted by molar-refractivity contribution is 0.288. The molecule has 19 heavy (non-hydrogen) atoms. The molecule has 1 aliphatic rings. The third kappa shape index (κ3) is 1.96. The van der Waals surface area contributed by atoms with Crippen molar-refractivity contribution in [2.75, 3.05) is 13.1 Å². The van der Waals surface area contributed by atoms with Crippen molar-refractivity contribution in [3.05, 3.63) is 27.9 Å². The first-order valence-electron chi connectivity index (χ1n) is 6.82. The summed E-state index contributed by atoms with van der Waals surface area (Å²) in [5.74, 6) is 1.34. The maximum atomic E-state index is 11.9. The highest BCUT2D eigenvalue weighted by molar-refractivity contribution is 5.30. The Kier molecular flexibility index (Phi) is 2.89. The molecule has 0 saturated carbocycles. The van der Waals surface area contributed by atoms with Gasteiger partial charge in [0.05, 0.1) is 0 Å². The van der Waals surface area contributed by atoms with Crippen LogP contribution in [0.25, 0.3) is 5.78 Å². The van der Waals surface area contributed by atoms with Gasteiger partial charge in [0.15, 0.2) is 0 Å². The van der Waals surface area contributed by atoms with Crippen LogP contribution in [0.2, 0.25) is 0 Å². The van der Waals surface area contributed by atoms with E-state index in [1.807, 2.05) is 6.92 Å². The molecule has 1 unspecified atom stereocenters. The summed E-state index contributed by atoms with van der Waals surface area (Å²) in [6.07, 6.45) is 3.21. The van der Waals surface area contributed by atoms with E-state index in [1.54, 1.807) is 0 Å². The fourth-order valence-corrected chi connectivity index (χ4v) is 2.87. The minimum absolute atomic E-state index is 0.00764. The molecule has 3 heterocycles. The van der Waals surface area contributed by atoms with Crippen molar-refractivity contribution in [3.63, 3.8) is 0 Å². The molecule has 6 nitrogen and oxygen atoms in total. The molecule has 1 saturated heterocycles. The number of aromatic amines is 1. The average molecular weight is 261 g/mol. The molecule has 2 aromatic rings. The van der Waals surface area contributed by atoms with E-state index >= 15 is 0 Å². The molecule has 0 bridgehead atoms. The quantitative estimate of drug-likeness (QED) is 0.837. The Labute approximate surface area is 111 Å². The zero-order chi connectivity index (χ0) is 13.5. The number of rotatable bonds is 2. The molecule has 1 aliphatic heterocycles. The van der Waals surface area contributed by atoms with Gasteiger partial charge in [-0.15, -0.1) is 0 Å². The number of aromatic nitrogens is 4. The topological polar surface area (TPSA) is 75.1 Å². The Morgan fingerprint density at radius 2 is 2.32 bits per heavy atom. The molecule has 0 aliphatic carbocycles. The summed E-state index contributed by atoms with van der Waals surface area (Å²) in [7, 11) is 0. The van der Waals surface area contributed by atoms with Gasteiger partial charge in [-0.25, -0.2) is 4.98 Å². The van der Waals surface area contributed by atoms with Crippen molar-refractivity contribution in [1.82, 2.24) is 24.9 Å². The summed E-state index contributed by atoms with van der Waals surface area (Å²) in [5, 5.41) is 6.57. The molecule has 0 amide bonds. The molecule has 1 fully saturated rings. The van der Waals surface area contributed by atoms with E-state index in [0.717, 1.165) is 38.2 Å². The molecular weight excluding hydrogens is 242 g/mol. The largest absolute Gasteiger partial charge is 0.316 e. The fourth-order valence-electron chi connectivity index (χ4n) is 2.87. The zero-order valence-electron chi connectivity index (χ0n) is 11.4. The van der Waals surface area contributed by atoms with Crippen LogP contribution in [0.3, 0.4) is 0 Å².